The molecule has 0 unspecified atom stereocenters. The van der Waals surface area contributed by atoms with Crippen molar-refractivity contribution in [1.82, 2.24) is 10.2 Å². The number of rotatable bonds is 4. The Labute approximate surface area is 158 Å². The topological polar surface area (TPSA) is 88.8 Å². The summed E-state index contributed by atoms with van der Waals surface area (Å²) in [5.74, 6) is -0.490. The molecule has 9 heteroatoms. The molecule has 2 heterocycles. The van der Waals surface area contributed by atoms with Crippen LogP contribution in [0.4, 0.5) is 4.79 Å². The van der Waals surface area contributed by atoms with Gasteiger partial charge in [-0.3, -0.25) is 9.59 Å². The Morgan fingerprint density at radius 2 is 2.00 bits per heavy atom. The summed E-state index contributed by atoms with van der Waals surface area (Å²) in [6.45, 7) is -0.467. The third kappa shape index (κ3) is 3.58. The van der Waals surface area contributed by atoms with E-state index in [1.165, 1.54) is 13.2 Å². The lowest BCUT2D eigenvalue weighted by Gasteiger charge is -2.08. The van der Waals surface area contributed by atoms with Crippen LogP contribution in [0.25, 0.3) is 17.4 Å². The summed E-state index contributed by atoms with van der Waals surface area (Å²) in [6, 6.07) is 7.66. The van der Waals surface area contributed by atoms with Crippen LogP contribution in [0.5, 0.6) is 0 Å². The van der Waals surface area contributed by atoms with E-state index in [0.717, 1.165) is 4.90 Å². The molecule has 2 aromatic rings. The number of esters is 1. The van der Waals surface area contributed by atoms with E-state index in [2.05, 4.69) is 10.1 Å². The largest absolute Gasteiger partial charge is 0.468 e. The third-order valence-electron chi connectivity index (χ3n) is 3.59. The van der Waals surface area contributed by atoms with E-state index in [9.17, 15) is 14.4 Å². The van der Waals surface area contributed by atoms with E-state index in [1.807, 2.05) is 0 Å². The normalized spacial score (nSPS) is 15.5. The number of carbonyl (C=O) groups excluding carboxylic acids is 3. The van der Waals surface area contributed by atoms with Gasteiger partial charge in [-0.1, -0.05) is 23.2 Å². The molecule has 0 bridgehead atoms. The Kier molecular flexibility index (Phi) is 5.01. The zero-order valence-corrected chi connectivity index (χ0v) is 14.9. The number of amides is 3. The maximum atomic E-state index is 12.2. The van der Waals surface area contributed by atoms with Crippen molar-refractivity contribution in [3.63, 3.8) is 0 Å². The van der Waals surface area contributed by atoms with Gasteiger partial charge in [-0.25, -0.2) is 9.69 Å². The highest BCUT2D eigenvalue weighted by Crippen LogP contribution is 2.30. The van der Waals surface area contributed by atoms with E-state index >= 15 is 0 Å². The van der Waals surface area contributed by atoms with Gasteiger partial charge in [-0.2, -0.15) is 0 Å². The fraction of sp³-hybridized carbons (Fsp3) is 0.118. The van der Waals surface area contributed by atoms with Crippen LogP contribution in [-0.4, -0.2) is 36.5 Å². The van der Waals surface area contributed by atoms with Crippen LogP contribution in [0.15, 0.2) is 40.4 Å². The summed E-state index contributed by atoms with van der Waals surface area (Å²) in [7, 11) is 1.17. The number of nitrogens with zero attached hydrogens (tertiary/aromatic N) is 1. The van der Waals surface area contributed by atoms with Gasteiger partial charge < -0.3 is 14.5 Å². The summed E-state index contributed by atoms with van der Waals surface area (Å²) in [5, 5.41) is 3.20. The minimum atomic E-state index is -0.706. The average Bonchev–Trinajstić information content (AvgIpc) is 3.18. The number of ether oxygens (including phenoxy) is 1. The second kappa shape index (κ2) is 7.23. The first-order chi connectivity index (χ1) is 12.4. The number of furan rings is 1. The van der Waals surface area contributed by atoms with E-state index in [-0.39, 0.29) is 5.70 Å². The van der Waals surface area contributed by atoms with Gasteiger partial charge in [-0.05, 0) is 30.3 Å². The molecule has 134 valence electrons. The predicted molar refractivity (Wildman–Crippen MR) is 94.4 cm³/mol. The molecule has 1 aromatic carbocycles. The van der Waals surface area contributed by atoms with Crippen LogP contribution < -0.4 is 5.32 Å². The van der Waals surface area contributed by atoms with Crippen LogP contribution in [0.2, 0.25) is 10.0 Å². The summed E-state index contributed by atoms with van der Waals surface area (Å²) >= 11 is 11.9. The predicted octanol–water partition coefficient (Wildman–Crippen LogP) is 3.32. The lowest BCUT2D eigenvalue weighted by Crippen LogP contribution is -2.36. The minimum absolute atomic E-state index is 0.00561. The van der Waals surface area contributed by atoms with Gasteiger partial charge in [0, 0.05) is 11.6 Å². The molecule has 26 heavy (non-hydrogen) atoms. The monoisotopic (exact) mass is 394 g/mol. The van der Waals surface area contributed by atoms with Gasteiger partial charge in [0.05, 0.1) is 17.2 Å². The molecule has 0 radical (unpaired) electrons. The Hall–Kier alpha value is -2.77. The third-order valence-corrected chi connectivity index (χ3v) is 4.33. The number of urea groups is 1. The van der Waals surface area contributed by atoms with Crippen LogP contribution in [0, 0.1) is 0 Å². The second-order valence-corrected chi connectivity index (χ2v) is 6.10. The molecule has 3 amide bonds. The van der Waals surface area contributed by atoms with E-state index in [1.54, 1.807) is 30.3 Å². The molecular formula is C17H12Cl2N2O5. The van der Waals surface area contributed by atoms with E-state index in [0.29, 0.717) is 27.1 Å². The molecule has 3 rings (SSSR count). The Morgan fingerprint density at radius 3 is 2.69 bits per heavy atom. The molecule has 1 N–H and O–H groups in total. The number of hydrogen-bond acceptors (Lipinski definition) is 5. The van der Waals surface area contributed by atoms with Gasteiger partial charge in [-0.15, -0.1) is 0 Å². The lowest BCUT2D eigenvalue weighted by atomic mass is 10.2. The second-order valence-electron chi connectivity index (χ2n) is 5.29. The Bertz CT molecular complexity index is 935. The van der Waals surface area contributed by atoms with Gasteiger partial charge in [0.25, 0.3) is 5.91 Å². The van der Waals surface area contributed by atoms with Crippen LogP contribution in [-0.2, 0) is 14.3 Å². The molecular weight excluding hydrogens is 383 g/mol. The summed E-state index contributed by atoms with van der Waals surface area (Å²) in [4.78, 5) is 36.1. The first kappa shape index (κ1) is 18.0. The zero-order chi connectivity index (χ0) is 18.8. The van der Waals surface area contributed by atoms with Crippen LogP contribution in [0.1, 0.15) is 5.76 Å². The molecule has 0 spiro atoms. The first-order valence-electron chi connectivity index (χ1n) is 7.35. The summed E-state index contributed by atoms with van der Waals surface area (Å²) < 4.78 is 10.1. The van der Waals surface area contributed by atoms with Gasteiger partial charge in [0.2, 0.25) is 0 Å². The van der Waals surface area contributed by atoms with E-state index in [4.69, 9.17) is 27.6 Å². The molecule has 1 aliphatic rings. The number of methoxy groups -OCH3 is 1. The maximum Gasteiger partial charge on any atom is 0.329 e. The highest BCUT2D eigenvalue weighted by Gasteiger charge is 2.35. The number of nitrogens with one attached hydrogen (secondary N) is 1. The van der Waals surface area contributed by atoms with Crippen molar-refractivity contribution in [2.75, 3.05) is 13.7 Å². The molecule has 0 saturated carbocycles. The van der Waals surface area contributed by atoms with Gasteiger partial charge in [0.1, 0.15) is 23.8 Å². The summed E-state index contributed by atoms with van der Waals surface area (Å²) in [5.41, 5.74) is 0.701. The van der Waals surface area contributed by atoms with Crippen molar-refractivity contribution in [3.05, 3.63) is 51.8 Å². The highest BCUT2D eigenvalue weighted by atomic mass is 35.5. The quantitative estimate of drug-likeness (QED) is 0.488. The molecule has 0 atom stereocenters. The van der Waals surface area contributed by atoms with Crippen molar-refractivity contribution in [3.8, 4) is 11.3 Å². The Morgan fingerprint density at radius 1 is 1.23 bits per heavy atom. The fourth-order valence-electron chi connectivity index (χ4n) is 2.29. The molecule has 1 saturated heterocycles. The van der Waals surface area contributed by atoms with Crippen molar-refractivity contribution in [1.29, 1.82) is 0 Å². The molecule has 1 fully saturated rings. The summed E-state index contributed by atoms with van der Waals surface area (Å²) in [6.07, 6.45) is 1.37. The molecule has 1 aromatic heterocycles. The standard InChI is InChI=1S/C17H12Cl2N2O5/c1-25-15(22)8-21-16(23)13(20-17(21)24)7-10-3-5-14(26-10)9-2-4-11(18)12(19)6-9/h2-7H,8H2,1H3,(H,20,24)/b13-7-. The number of carbonyl (C=O) groups is 3. The van der Waals surface area contributed by atoms with Crippen molar-refractivity contribution in [2.24, 2.45) is 0 Å². The molecule has 0 aliphatic carbocycles. The van der Waals surface area contributed by atoms with Crippen LogP contribution >= 0.6 is 23.2 Å². The van der Waals surface area contributed by atoms with E-state index < -0.39 is 24.5 Å². The minimum Gasteiger partial charge on any atom is -0.468 e. The lowest BCUT2D eigenvalue weighted by molar-refractivity contribution is -0.143. The fourth-order valence-corrected chi connectivity index (χ4v) is 2.58. The number of imide groups is 1. The molecule has 7 nitrogen and oxygen atoms in total. The SMILES string of the molecule is COC(=O)CN1C(=O)N/C(=C\c2ccc(-c3ccc(Cl)c(Cl)c3)o2)C1=O. The van der Waals surface area contributed by atoms with Gasteiger partial charge >= 0.3 is 12.0 Å². The van der Waals surface area contributed by atoms with Crippen molar-refractivity contribution in [2.45, 2.75) is 0 Å². The highest BCUT2D eigenvalue weighted by molar-refractivity contribution is 6.42. The van der Waals surface area contributed by atoms with Crippen LogP contribution in [0.3, 0.4) is 0 Å². The van der Waals surface area contributed by atoms with Gasteiger partial charge in [0.15, 0.2) is 0 Å². The first-order valence-corrected chi connectivity index (χ1v) is 8.11. The number of hydrogen-bond donors (Lipinski definition) is 1. The maximum absolute atomic E-state index is 12.2. The number of benzene rings is 1. The number of halogens is 2. The van der Waals surface area contributed by atoms with Crippen molar-refractivity contribution >= 4 is 47.2 Å². The van der Waals surface area contributed by atoms with Crippen molar-refractivity contribution < 1.29 is 23.5 Å². The average molecular weight is 395 g/mol. The molecule has 1 aliphatic heterocycles. The zero-order valence-electron chi connectivity index (χ0n) is 13.4. The Balaban J connectivity index is 1.82. The smallest absolute Gasteiger partial charge is 0.329 e.